The van der Waals surface area contributed by atoms with E-state index in [1.165, 1.54) is 0 Å². The first-order valence-corrected chi connectivity index (χ1v) is 5.23. The molecule has 1 aromatic carbocycles. The van der Waals surface area contributed by atoms with Crippen molar-refractivity contribution in [1.82, 2.24) is 0 Å². The van der Waals surface area contributed by atoms with E-state index in [2.05, 4.69) is 0 Å². The molecule has 0 amide bonds. The van der Waals surface area contributed by atoms with Crippen molar-refractivity contribution in [2.24, 2.45) is 5.73 Å². The maximum Gasteiger partial charge on any atom is 0.312 e. The Kier molecular flexibility index (Phi) is 3.90. The third kappa shape index (κ3) is 2.33. The summed E-state index contributed by atoms with van der Waals surface area (Å²) in [4.78, 5) is 11.0. The number of aliphatic carboxylic acids is 1. The van der Waals surface area contributed by atoms with Gasteiger partial charge in [0.2, 0.25) is 0 Å². The fourth-order valence-corrected chi connectivity index (χ4v) is 1.69. The number of nitrogens with two attached hydrogens (primary N) is 1. The Hall–Kier alpha value is -1.55. The highest BCUT2D eigenvalue weighted by molar-refractivity contribution is 5.77. The van der Waals surface area contributed by atoms with E-state index in [1.54, 1.807) is 18.2 Å². The van der Waals surface area contributed by atoms with Crippen molar-refractivity contribution in [3.63, 3.8) is 0 Å². The minimum absolute atomic E-state index is 0.0234. The molecule has 4 heteroatoms. The lowest BCUT2D eigenvalue weighted by molar-refractivity contribution is -0.138. The highest BCUT2D eigenvalue weighted by atomic mass is 16.4. The van der Waals surface area contributed by atoms with Gasteiger partial charge in [0.1, 0.15) is 5.75 Å². The van der Waals surface area contributed by atoms with Crippen LogP contribution in [0.5, 0.6) is 5.75 Å². The molecule has 0 spiro atoms. The standard InChI is InChI=1S/C12H17NO3/c1-7(2)8-4-3-5-9(11(8)14)10(6-13)12(15)16/h3-5,7,10,14H,6,13H2,1-2H3,(H,15,16). The van der Waals surface area contributed by atoms with Crippen LogP contribution in [0, 0.1) is 0 Å². The number of para-hydroxylation sites is 1. The van der Waals surface area contributed by atoms with Crippen molar-refractivity contribution in [2.75, 3.05) is 6.54 Å². The van der Waals surface area contributed by atoms with Gasteiger partial charge in [0, 0.05) is 12.1 Å². The summed E-state index contributed by atoms with van der Waals surface area (Å²) in [6, 6.07) is 5.14. The number of phenolic OH excluding ortho intramolecular Hbond substituents is 1. The zero-order chi connectivity index (χ0) is 12.3. The summed E-state index contributed by atoms with van der Waals surface area (Å²) < 4.78 is 0. The fourth-order valence-electron chi connectivity index (χ4n) is 1.69. The van der Waals surface area contributed by atoms with Gasteiger partial charge in [-0.3, -0.25) is 4.79 Å². The summed E-state index contributed by atoms with van der Waals surface area (Å²) in [5.41, 5.74) is 6.55. The lowest BCUT2D eigenvalue weighted by Crippen LogP contribution is -2.21. The largest absolute Gasteiger partial charge is 0.507 e. The van der Waals surface area contributed by atoms with Crippen LogP contribution < -0.4 is 5.73 Å². The van der Waals surface area contributed by atoms with Crippen LogP contribution in [-0.4, -0.2) is 22.7 Å². The number of hydrogen-bond donors (Lipinski definition) is 3. The summed E-state index contributed by atoms with van der Waals surface area (Å²) in [7, 11) is 0. The van der Waals surface area contributed by atoms with Gasteiger partial charge >= 0.3 is 5.97 Å². The molecule has 0 heterocycles. The molecule has 0 bridgehead atoms. The van der Waals surface area contributed by atoms with Gasteiger partial charge in [-0.1, -0.05) is 32.0 Å². The normalized spacial score (nSPS) is 12.8. The Labute approximate surface area is 94.7 Å². The van der Waals surface area contributed by atoms with Crippen molar-refractivity contribution in [3.8, 4) is 5.75 Å². The third-order valence-electron chi connectivity index (χ3n) is 2.63. The molecule has 0 aliphatic carbocycles. The molecule has 16 heavy (non-hydrogen) atoms. The van der Waals surface area contributed by atoms with Gasteiger partial charge in [0.15, 0.2) is 0 Å². The van der Waals surface area contributed by atoms with E-state index < -0.39 is 11.9 Å². The molecule has 1 aromatic rings. The van der Waals surface area contributed by atoms with Gasteiger partial charge < -0.3 is 15.9 Å². The van der Waals surface area contributed by atoms with Gasteiger partial charge in [-0.25, -0.2) is 0 Å². The first kappa shape index (κ1) is 12.5. The van der Waals surface area contributed by atoms with E-state index in [1.807, 2.05) is 13.8 Å². The van der Waals surface area contributed by atoms with Gasteiger partial charge in [0.25, 0.3) is 0 Å². The molecular formula is C12H17NO3. The molecule has 4 N–H and O–H groups in total. The molecule has 1 unspecified atom stereocenters. The fraction of sp³-hybridized carbons (Fsp3) is 0.417. The number of carboxylic acids is 1. The van der Waals surface area contributed by atoms with Crippen molar-refractivity contribution >= 4 is 5.97 Å². The molecule has 1 atom stereocenters. The van der Waals surface area contributed by atoms with Crippen molar-refractivity contribution in [2.45, 2.75) is 25.7 Å². The van der Waals surface area contributed by atoms with Crippen LogP contribution in [0.2, 0.25) is 0 Å². The van der Waals surface area contributed by atoms with E-state index in [-0.39, 0.29) is 18.2 Å². The van der Waals surface area contributed by atoms with Gasteiger partial charge in [-0.2, -0.15) is 0 Å². The Morgan fingerprint density at radius 2 is 1.94 bits per heavy atom. The third-order valence-corrected chi connectivity index (χ3v) is 2.63. The first-order chi connectivity index (χ1) is 7.49. The van der Waals surface area contributed by atoms with E-state index in [9.17, 15) is 9.90 Å². The number of benzene rings is 1. The molecule has 0 fully saturated rings. The zero-order valence-corrected chi connectivity index (χ0v) is 9.47. The zero-order valence-electron chi connectivity index (χ0n) is 9.47. The molecule has 0 radical (unpaired) electrons. The lowest BCUT2D eigenvalue weighted by atomic mass is 9.92. The molecule has 0 saturated carbocycles. The minimum atomic E-state index is -1.02. The number of carboxylic acid groups (broad SMARTS) is 1. The first-order valence-electron chi connectivity index (χ1n) is 5.23. The summed E-state index contributed by atoms with van der Waals surface area (Å²) in [6.45, 7) is 3.86. The quantitative estimate of drug-likeness (QED) is 0.724. The minimum Gasteiger partial charge on any atom is -0.507 e. The van der Waals surface area contributed by atoms with Crippen molar-refractivity contribution < 1.29 is 15.0 Å². The van der Waals surface area contributed by atoms with Crippen molar-refractivity contribution in [3.05, 3.63) is 29.3 Å². The number of rotatable bonds is 4. The SMILES string of the molecule is CC(C)c1cccc(C(CN)C(=O)O)c1O. The predicted molar refractivity (Wildman–Crippen MR) is 61.6 cm³/mol. The van der Waals surface area contributed by atoms with Gasteiger partial charge in [-0.05, 0) is 11.5 Å². The van der Waals surface area contributed by atoms with Crippen LogP contribution in [0.4, 0.5) is 0 Å². The van der Waals surface area contributed by atoms with Crippen LogP contribution in [-0.2, 0) is 4.79 Å². The monoisotopic (exact) mass is 223 g/mol. The van der Waals surface area contributed by atoms with Crippen LogP contribution >= 0.6 is 0 Å². The second-order valence-electron chi connectivity index (χ2n) is 4.07. The Morgan fingerprint density at radius 3 is 2.38 bits per heavy atom. The summed E-state index contributed by atoms with van der Waals surface area (Å²) in [5.74, 6) is -1.67. The average molecular weight is 223 g/mol. The lowest BCUT2D eigenvalue weighted by Gasteiger charge is -2.16. The van der Waals surface area contributed by atoms with Crippen LogP contribution in [0.25, 0.3) is 0 Å². The Balaban J connectivity index is 3.23. The molecule has 0 aliphatic rings. The number of aromatic hydroxyl groups is 1. The maximum atomic E-state index is 11.0. The number of hydrogen-bond acceptors (Lipinski definition) is 3. The van der Waals surface area contributed by atoms with Crippen LogP contribution in [0.15, 0.2) is 18.2 Å². The molecule has 0 aliphatic heterocycles. The highest BCUT2D eigenvalue weighted by Gasteiger charge is 2.23. The molecular weight excluding hydrogens is 206 g/mol. The van der Waals surface area contributed by atoms with Crippen molar-refractivity contribution in [1.29, 1.82) is 0 Å². The number of carbonyl (C=O) groups is 1. The second kappa shape index (κ2) is 4.99. The second-order valence-corrected chi connectivity index (χ2v) is 4.07. The summed E-state index contributed by atoms with van der Waals surface area (Å²) >= 11 is 0. The van der Waals surface area contributed by atoms with E-state index in [0.717, 1.165) is 5.56 Å². The average Bonchev–Trinajstić information content (AvgIpc) is 2.20. The van der Waals surface area contributed by atoms with Gasteiger partial charge in [0.05, 0.1) is 5.92 Å². The Morgan fingerprint density at radius 1 is 1.38 bits per heavy atom. The number of phenols is 1. The molecule has 1 rings (SSSR count). The predicted octanol–water partition coefficient (Wildman–Crippen LogP) is 1.64. The molecule has 4 nitrogen and oxygen atoms in total. The smallest absolute Gasteiger partial charge is 0.312 e. The van der Waals surface area contributed by atoms with E-state index in [4.69, 9.17) is 10.8 Å². The van der Waals surface area contributed by atoms with E-state index >= 15 is 0 Å². The summed E-state index contributed by atoms with van der Waals surface area (Å²) in [6.07, 6.45) is 0. The van der Waals surface area contributed by atoms with Crippen LogP contribution in [0.1, 0.15) is 36.8 Å². The molecule has 0 aromatic heterocycles. The van der Waals surface area contributed by atoms with Gasteiger partial charge in [-0.15, -0.1) is 0 Å². The summed E-state index contributed by atoms with van der Waals surface area (Å²) in [5, 5.41) is 19.0. The van der Waals surface area contributed by atoms with E-state index in [0.29, 0.717) is 5.56 Å². The van der Waals surface area contributed by atoms with Crippen LogP contribution in [0.3, 0.4) is 0 Å². The topological polar surface area (TPSA) is 83.6 Å². The molecule has 88 valence electrons. The molecule has 0 saturated heterocycles. The highest BCUT2D eigenvalue weighted by Crippen LogP contribution is 2.33. The Bertz CT molecular complexity index is 388. The maximum absolute atomic E-state index is 11.0.